The van der Waals surface area contributed by atoms with Crippen LogP contribution in [0.25, 0.3) is 0 Å². The van der Waals surface area contributed by atoms with Crippen molar-refractivity contribution in [1.82, 2.24) is 5.32 Å². The number of ether oxygens (including phenoxy) is 1. The lowest BCUT2D eigenvalue weighted by molar-refractivity contribution is 0.0589. The van der Waals surface area contributed by atoms with E-state index in [1.807, 2.05) is 6.07 Å². The maximum Gasteiger partial charge on any atom is 0.507 e. The lowest BCUT2D eigenvalue weighted by Crippen LogP contribution is -2.29. The van der Waals surface area contributed by atoms with E-state index in [1.165, 1.54) is 12.1 Å². The summed E-state index contributed by atoms with van der Waals surface area (Å²) in [5.74, 6) is -0.480. The number of hydrogen-bond acceptors (Lipinski definition) is 5. The molecule has 1 aliphatic heterocycles. The maximum atomic E-state index is 12.4. The highest BCUT2D eigenvalue weighted by molar-refractivity contribution is 6.30. The number of halogens is 1. The minimum absolute atomic E-state index is 0.103. The molecule has 1 unspecified atom stereocenters. The summed E-state index contributed by atoms with van der Waals surface area (Å²) in [5.41, 5.74) is 0.554. The first kappa shape index (κ1) is 15.0. The average molecular weight is 307 g/mol. The molecule has 0 radical (unpaired) electrons. The molecule has 0 saturated carbocycles. The fraction of sp³-hybridized carbons (Fsp3) is 0.214. The smallest absolute Gasteiger partial charge is 0.450 e. The lowest BCUT2D eigenvalue weighted by Gasteiger charge is -2.12. The zero-order valence-corrected chi connectivity index (χ0v) is 11.6. The summed E-state index contributed by atoms with van der Waals surface area (Å²) in [6.07, 6.45) is -2.06. The lowest BCUT2D eigenvalue weighted by atomic mass is 9.98. The molecule has 1 saturated heterocycles. The van der Waals surface area contributed by atoms with Gasteiger partial charge >= 0.3 is 6.16 Å². The predicted molar refractivity (Wildman–Crippen MR) is 73.9 cm³/mol. The van der Waals surface area contributed by atoms with Crippen LogP contribution < -0.4 is 5.32 Å². The van der Waals surface area contributed by atoms with Gasteiger partial charge in [0.1, 0.15) is 11.6 Å². The van der Waals surface area contributed by atoms with Gasteiger partial charge in [0, 0.05) is 22.7 Å². The van der Waals surface area contributed by atoms with Crippen LogP contribution in [0, 0.1) is 11.3 Å². The number of nitriles is 1. The number of hydrogen-bond donors (Lipinski definition) is 2. The predicted octanol–water partition coefficient (Wildman–Crippen LogP) is 2.36. The third-order valence-corrected chi connectivity index (χ3v) is 3.28. The van der Waals surface area contributed by atoms with E-state index in [2.05, 4.69) is 10.1 Å². The van der Waals surface area contributed by atoms with E-state index >= 15 is 0 Å². The number of rotatable bonds is 3. The number of nitrogens with one attached hydrogen (secondary N) is 1. The maximum absolute atomic E-state index is 12.4. The molecule has 6 nitrogen and oxygen atoms in total. The molecule has 1 heterocycles. The number of Topliss-reactive ketones (excluding diaryl/α,β-unsaturated/α-hetero) is 1. The van der Waals surface area contributed by atoms with Gasteiger partial charge in [-0.25, -0.2) is 4.79 Å². The van der Waals surface area contributed by atoms with Gasteiger partial charge in [-0.15, -0.1) is 0 Å². The fourth-order valence-electron chi connectivity index (χ4n) is 2.08. The molecule has 0 spiro atoms. The van der Waals surface area contributed by atoms with E-state index in [0.29, 0.717) is 29.1 Å². The van der Waals surface area contributed by atoms with Crippen LogP contribution >= 0.6 is 11.6 Å². The first-order chi connectivity index (χ1) is 10.0. The first-order valence-corrected chi connectivity index (χ1v) is 6.47. The topological polar surface area (TPSA) is 99.4 Å². The molecule has 7 heteroatoms. The molecule has 21 heavy (non-hydrogen) atoms. The van der Waals surface area contributed by atoms with E-state index in [9.17, 15) is 14.9 Å². The number of carbonyl (C=O) groups is 2. The summed E-state index contributed by atoms with van der Waals surface area (Å²) < 4.78 is 4.63. The molecule has 2 N–H and O–H groups in total. The molecule has 0 amide bonds. The second kappa shape index (κ2) is 6.39. The van der Waals surface area contributed by atoms with Crippen molar-refractivity contribution in [2.45, 2.75) is 12.6 Å². The monoisotopic (exact) mass is 306 g/mol. The molecular formula is C14H11ClN2O4. The Bertz CT molecular complexity index is 646. The summed E-state index contributed by atoms with van der Waals surface area (Å²) >= 11 is 5.75. The number of benzene rings is 1. The Morgan fingerprint density at radius 1 is 1.38 bits per heavy atom. The largest absolute Gasteiger partial charge is 0.507 e. The van der Waals surface area contributed by atoms with Crippen molar-refractivity contribution in [3.63, 3.8) is 0 Å². The molecule has 1 aromatic rings. The molecule has 1 fully saturated rings. The summed E-state index contributed by atoms with van der Waals surface area (Å²) in [5, 5.41) is 21.2. The van der Waals surface area contributed by atoms with Crippen LogP contribution in [0.4, 0.5) is 4.79 Å². The van der Waals surface area contributed by atoms with Crippen molar-refractivity contribution < 1.29 is 19.4 Å². The van der Waals surface area contributed by atoms with Gasteiger partial charge in [0.2, 0.25) is 5.78 Å². The van der Waals surface area contributed by atoms with Crippen molar-refractivity contribution in [3.05, 3.63) is 46.0 Å². The number of carboxylic acid groups (broad SMARTS) is 1. The molecule has 1 aliphatic rings. The van der Waals surface area contributed by atoms with Gasteiger partial charge in [0.05, 0.1) is 0 Å². The van der Waals surface area contributed by atoms with E-state index in [0.717, 1.165) is 0 Å². The van der Waals surface area contributed by atoms with Crippen molar-refractivity contribution in [2.24, 2.45) is 0 Å². The summed E-state index contributed by atoms with van der Waals surface area (Å²) in [4.78, 5) is 23.0. The second-order valence-corrected chi connectivity index (χ2v) is 4.75. The first-order valence-electron chi connectivity index (χ1n) is 6.09. The van der Waals surface area contributed by atoms with E-state index in [-0.39, 0.29) is 5.57 Å². The molecule has 2 rings (SSSR count). The van der Waals surface area contributed by atoms with E-state index in [1.54, 1.807) is 12.1 Å². The van der Waals surface area contributed by atoms with Crippen LogP contribution in [0.3, 0.4) is 0 Å². The van der Waals surface area contributed by atoms with Crippen molar-refractivity contribution in [1.29, 1.82) is 5.26 Å². The van der Waals surface area contributed by atoms with Crippen LogP contribution in [0.1, 0.15) is 16.8 Å². The Kier molecular flexibility index (Phi) is 4.58. The number of carbonyl (C=O) groups excluding carboxylic acids is 1. The Balaban J connectivity index is 2.35. The van der Waals surface area contributed by atoms with Crippen molar-refractivity contribution in [2.75, 3.05) is 6.54 Å². The fourth-order valence-corrected chi connectivity index (χ4v) is 2.20. The van der Waals surface area contributed by atoms with Crippen LogP contribution in [0.15, 0.2) is 35.4 Å². The Morgan fingerprint density at radius 3 is 2.62 bits per heavy atom. The van der Waals surface area contributed by atoms with Gasteiger partial charge in [-0.05, 0) is 30.7 Å². The molecule has 108 valence electrons. The van der Waals surface area contributed by atoms with Crippen molar-refractivity contribution in [3.8, 4) is 6.07 Å². The highest BCUT2D eigenvalue weighted by atomic mass is 35.5. The van der Waals surface area contributed by atoms with Gasteiger partial charge < -0.3 is 9.84 Å². The second-order valence-electron chi connectivity index (χ2n) is 4.32. The average Bonchev–Trinajstić information content (AvgIpc) is 2.87. The highest BCUT2D eigenvalue weighted by Crippen LogP contribution is 2.23. The third-order valence-electron chi connectivity index (χ3n) is 3.03. The Labute approximate surface area is 125 Å². The van der Waals surface area contributed by atoms with Crippen LogP contribution in [-0.4, -0.2) is 29.8 Å². The zero-order chi connectivity index (χ0) is 15.4. The van der Waals surface area contributed by atoms with Gasteiger partial charge in [-0.1, -0.05) is 11.6 Å². The highest BCUT2D eigenvalue weighted by Gasteiger charge is 2.30. The van der Waals surface area contributed by atoms with Crippen LogP contribution in [-0.2, 0) is 4.74 Å². The summed E-state index contributed by atoms with van der Waals surface area (Å²) in [6.45, 7) is 0.437. The molecule has 1 aromatic carbocycles. The van der Waals surface area contributed by atoms with Gasteiger partial charge in [0.15, 0.2) is 6.23 Å². The Hall–Kier alpha value is -2.36. The number of nitrogens with zero attached hydrogens (tertiary/aromatic N) is 1. The van der Waals surface area contributed by atoms with Gasteiger partial charge in [-0.3, -0.25) is 10.1 Å². The standard InChI is InChI=1S/C14H11ClN2O4/c15-9-3-1-8(2-4-9)12(18)11(7-16)10-5-6-17-13(10)21-14(19)20/h1-4,13,17H,5-6H2,(H,19,20). The third kappa shape index (κ3) is 3.40. The molecule has 0 bridgehead atoms. The van der Waals surface area contributed by atoms with E-state index < -0.39 is 18.2 Å². The minimum atomic E-state index is -1.47. The zero-order valence-electron chi connectivity index (χ0n) is 10.8. The minimum Gasteiger partial charge on any atom is -0.450 e. The number of allylic oxidation sites excluding steroid dienone is 1. The normalized spacial score (nSPS) is 19.7. The summed E-state index contributed by atoms with van der Waals surface area (Å²) in [7, 11) is 0. The van der Waals surface area contributed by atoms with E-state index in [4.69, 9.17) is 16.7 Å². The molecule has 0 aromatic heterocycles. The number of ketones is 1. The summed E-state index contributed by atoms with van der Waals surface area (Å²) in [6, 6.07) is 7.96. The molecular weight excluding hydrogens is 296 g/mol. The van der Waals surface area contributed by atoms with Gasteiger partial charge in [0.25, 0.3) is 0 Å². The molecule has 1 atom stereocenters. The van der Waals surface area contributed by atoms with Crippen LogP contribution in [0.2, 0.25) is 5.02 Å². The van der Waals surface area contributed by atoms with Crippen molar-refractivity contribution >= 4 is 23.5 Å². The van der Waals surface area contributed by atoms with Crippen LogP contribution in [0.5, 0.6) is 0 Å². The molecule has 0 aliphatic carbocycles. The quantitative estimate of drug-likeness (QED) is 0.385. The Morgan fingerprint density at radius 2 is 2.05 bits per heavy atom. The SMILES string of the molecule is N#CC(C(=O)c1ccc(Cl)cc1)=C1CCNC1OC(=O)O. The van der Waals surface area contributed by atoms with Gasteiger partial charge in [-0.2, -0.15) is 5.26 Å².